The molecule has 1 saturated carbocycles. The molecule has 2 rings (SSSR count). The molecule has 2 bridgehead atoms. The lowest BCUT2D eigenvalue weighted by Gasteiger charge is -2.43. The second-order valence-corrected chi connectivity index (χ2v) is 11.6. The van der Waals surface area contributed by atoms with Crippen molar-refractivity contribution in [1.82, 2.24) is 0 Å². The summed E-state index contributed by atoms with van der Waals surface area (Å²) in [7, 11) is 0. The first kappa shape index (κ1) is 29.8. The SMILES string of the molecule is OCCCCCCCCC1C2C=CC(C2)C1(CCCCCCCCO)CCCCCCCCO. The summed E-state index contributed by atoms with van der Waals surface area (Å²) in [4.78, 5) is 0. The van der Waals surface area contributed by atoms with Gasteiger partial charge in [0.1, 0.15) is 0 Å². The molecule has 3 nitrogen and oxygen atoms in total. The average molecular weight is 479 g/mol. The predicted molar refractivity (Wildman–Crippen MR) is 145 cm³/mol. The van der Waals surface area contributed by atoms with E-state index in [1.165, 1.54) is 122 Å². The highest BCUT2D eigenvalue weighted by atomic mass is 16.3. The third-order valence-corrected chi connectivity index (χ3v) is 9.13. The Bertz CT molecular complexity index is 485. The van der Waals surface area contributed by atoms with E-state index in [2.05, 4.69) is 12.2 Å². The molecule has 0 aromatic heterocycles. The summed E-state index contributed by atoms with van der Waals surface area (Å²) in [5.41, 5.74) is 0.562. The van der Waals surface area contributed by atoms with Crippen molar-refractivity contribution in [1.29, 1.82) is 0 Å². The molecule has 2 aliphatic rings. The lowest BCUT2D eigenvalue weighted by Crippen LogP contribution is -2.35. The topological polar surface area (TPSA) is 60.7 Å². The van der Waals surface area contributed by atoms with Crippen LogP contribution in [0.15, 0.2) is 12.2 Å². The Kier molecular flexibility index (Phi) is 16.5. The van der Waals surface area contributed by atoms with Crippen molar-refractivity contribution in [3.05, 3.63) is 12.2 Å². The largest absolute Gasteiger partial charge is 0.396 e. The number of fused-ring (bicyclic) bond motifs is 2. The van der Waals surface area contributed by atoms with Gasteiger partial charge in [-0.2, -0.15) is 0 Å². The zero-order chi connectivity index (χ0) is 24.3. The molecule has 34 heavy (non-hydrogen) atoms. The van der Waals surface area contributed by atoms with Crippen molar-refractivity contribution in [3.63, 3.8) is 0 Å². The van der Waals surface area contributed by atoms with Gasteiger partial charge in [0.2, 0.25) is 0 Å². The molecule has 0 radical (unpaired) electrons. The number of allylic oxidation sites excluding steroid dienone is 2. The van der Waals surface area contributed by atoms with Gasteiger partial charge in [-0.15, -0.1) is 0 Å². The van der Waals surface area contributed by atoms with Crippen LogP contribution >= 0.6 is 0 Å². The van der Waals surface area contributed by atoms with E-state index in [0.717, 1.165) is 37.0 Å². The van der Waals surface area contributed by atoms with Crippen molar-refractivity contribution < 1.29 is 15.3 Å². The van der Waals surface area contributed by atoms with E-state index in [1.807, 2.05) is 0 Å². The van der Waals surface area contributed by atoms with E-state index in [1.54, 1.807) is 0 Å². The summed E-state index contributed by atoms with van der Waals surface area (Å²) < 4.78 is 0. The minimum Gasteiger partial charge on any atom is -0.396 e. The van der Waals surface area contributed by atoms with E-state index in [-0.39, 0.29) is 0 Å². The number of hydrogen-bond donors (Lipinski definition) is 3. The van der Waals surface area contributed by atoms with E-state index in [4.69, 9.17) is 15.3 Å². The Balaban J connectivity index is 1.84. The predicted octanol–water partition coefficient (Wildman–Crippen LogP) is 7.96. The molecule has 3 heteroatoms. The second kappa shape index (κ2) is 18.8. The Morgan fingerprint density at radius 3 is 1.38 bits per heavy atom. The molecule has 0 aromatic carbocycles. The lowest BCUT2D eigenvalue weighted by molar-refractivity contribution is 0.0910. The summed E-state index contributed by atoms with van der Waals surface area (Å²) >= 11 is 0. The van der Waals surface area contributed by atoms with Crippen molar-refractivity contribution in [2.24, 2.45) is 23.2 Å². The molecule has 0 aliphatic heterocycles. The van der Waals surface area contributed by atoms with Crippen LogP contribution < -0.4 is 0 Å². The molecule has 3 atom stereocenters. The standard InChI is InChI=1S/C31H58O3/c32-24-16-10-4-1-7-13-19-30-28-20-21-29(27-28)31(30,22-14-8-2-5-11-17-25-33)23-15-9-3-6-12-18-26-34/h20-21,28-30,32-34H,1-19,22-27H2. The fraction of sp³-hybridized carbons (Fsp3) is 0.935. The molecule has 0 aromatic rings. The van der Waals surface area contributed by atoms with Crippen molar-refractivity contribution in [3.8, 4) is 0 Å². The van der Waals surface area contributed by atoms with Crippen LogP contribution in [0.25, 0.3) is 0 Å². The van der Waals surface area contributed by atoms with Crippen LogP contribution in [0.4, 0.5) is 0 Å². The van der Waals surface area contributed by atoms with Gasteiger partial charge in [0.15, 0.2) is 0 Å². The fourth-order valence-electron chi connectivity index (χ4n) is 7.25. The van der Waals surface area contributed by atoms with Gasteiger partial charge in [-0.25, -0.2) is 0 Å². The highest BCUT2D eigenvalue weighted by Gasteiger charge is 2.53. The van der Waals surface area contributed by atoms with Crippen LogP contribution in [0.5, 0.6) is 0 Å². The van der Waals surface area contributed by atoms with Crippen LogP contribution in [0.2, 0.25) is 0 Å². The zero-order valence-corrected chi connectivity index (χ0v) is 22.4. The normalized spacial score (nSPS) is 22.7. The van der Waals surface area contributed by atoms with Crippen LogP contribution in [-0.2, 0) is 0 Å². The molecule has 2 aliphatic carbocycles. The van der Waals surface area contributed by atoms with E-state index < -0.39 is 0 Å². The van der Waals surface area contributed by atoms with Gasteiger partial charge in [-0.05, 0) is 68.1 Å². The zero-order valence-electron chi connectivity index (χ0n) is 22.4. The van der Waals surface area contributed by atoms with E-state index in [9.17, 15) is 0 Å². The van der Waals surface area contributed by atoms with Crippen LogP contribution in [0.1, 0.15) is 141 Å². The minimum atomic E-state index is 0.349. The van der Waals surface area contributed by atoms with E-state index in [0.29, 0.717) is 25.2 Å². The highest BCUT2D eigenvalue weighted by molar-refractivity contribution is 5.19. The van der Waals surface area contributed by atoms with Gasteiger partial charge >= 0.3 is 0 Å². The first-order valence-corrected chi connectivity index (χ1v) is 15.3. The number of aliphatic hydroxyl groups excluding tert-OH is 3. The Labute approximate surface area is 211 Å². The third-order valence-electron chi connectivity index (χ3n) is 9.13. The summed E-state index contributed by atoms with van der Waals surface area (Å²) in [6.07, 6.45) is 33.5. The number of hydrogen-bond acceptors (Lipinski definition) is 3. The summed E-state index contributed by atoms with van der Waals surface area (Å²) in [6, 6.07) is 0. The number of unbranched alkanes of at least 4 members (excludes halogenated alkanes) is 15. The molecule has 1 fully saturated rings. The van der Waals surface area contributed by atoms with Crippen molar-refractivity contribution >= 4 is 0 Å². The average Bonchev–Trinajstić information content (AvgIpc) is 3.44. The second-order valence-electron chi connectivity index (χ2n) is 11.6. The van der Waals surface area contributed by atoms with Gasteiger partial charge in [0.25, 0.3) is 0 Å². The van der Waals surface area contributed by atoms with Crippen molar-refractivity contribution in [2.75, 3.05) is 19.8 Å². The smallest absolute Gasteiger partial charge is 0.0431 e. The maximum Gasteiger partial charge on any atom is 0.0431 e. The Morgan fingerprint density at radius 2 is 0.912 bits per heavy atom. The van der Waals surface area contributed by atoms with Crippen LogP contribution in [0.3, 0.4) is 0 Å². The van der Waals surface area contributed by atoms with E-state index >= 15 is 0 Å². The van der Waals surface area contributed by atoms with Gasteiger partial charge in [0, 0.05) is 19.8 Å². The maximum absolute atomic E-state index is 9.01. The first-order valence-electron chi connectivity index (χ1n) is 15.3. The molecule has 200 valence electrons. The van der Waals surface area contributed by atoms with Crippen molar-refractivity contribution in [2.45, 2.75) is 141 Å². The molecule has 0 spiro atoms. The fourth-order valence-corrected chi connectivity index (χ4v) is 7.25. The summed E-state index contributed by atoms with van der Waals surface area (Å²) in [6.45, 7) is 1.05. The molecule has 0 amide bonds. The molecular formula is C31H58O3. The molecular weight excluding hydrogens is 420 g/mol. The highest BCUT2D eigenvalue weighted by Crippen LogP contribution is 2.62. The van der Waals surface area contributed by atoms with Gasteiger partial charge in [-0.1, -0.05) is 108 Å². The third kappa shape index (κ3) is 10.3. The first-order chi connectivity index (χ1) is 16.8. The monoisotopic (exact) mass is 478 g/mol. The quantitative estimate of drug-likeness (QED) is 0.0973. The van der Waals surface area contributed by atoms with Gasteiger partial charge < -0.3 is 15.3 Å². The molecule has 3 unspecified atom stereocenters. The summed E-state index contributed by atoms with van der Waals surface area (Å²) in [5.74, 6) is 2.58. The number of aliphatic hydroxyl groups is 3. The van der Waals surface area contributed by atoms with Gasteiger partial charge in [0.05, 0.1) is 0 Å². The molecule has 0 saturated heterocycles. The molecule has 0 heterocycles. The Morgan fingerprint density at radius 1 is 0.500 bits per heavy atom. The minimum absolute atomic E-state index is 0.349. The molecule has 3 N–H and O–H groups in total. The Hall–Kier alpha value is -0.380. The van der Waals surface area contributed by atoms with Gasteiger partial charge in [-0.3, -0.25) is 0 Å². The maximum atomic E-state index is 9.01. The van der Waals surface area contributed by atoms with Crippen LogP contribution in [-0.4, -0.2) is 35.1 Å². The lowest BCUT2D eigenvalue weighted by atomic mass is 9.61. The summed E-state index contributed by atoms with van der Waals surface area (Å²) in [5, 5.41) is 27.0. The van der Waals surface area contributed by atoms with Crippen LogP contribution in [0, 0.1) is 23.2 Å². The number of rotatable bonds is 24.